The van der Waals surface area contributed by atoms with E-state index in [0.717, 1.165) is 6.26 Å². The second-order valence-corrected chi connectivity index (χ2v) is 4.57. The molecule has 15 heavy (non-hydrogen) atoms. The molecular weight excluding hydrogens is 222 g/mol. The predicted octanol–water partition coefficient (Wildman–Crippen LogP) is 0.662. The van der Waals surface area contributed by atoms with Crippen LogP contribution in [0.5, 0.6) is 0 Å². The maximum absolute atomic E-state index is 10.8. The molecule has 0 amide bonds. The molecule has 0 fully saturated rings. The summed E-state index contributed by atoms with van der Waals surface area (Å²) in [5.41, 5.74) is 2.57. The van der Waals surface area contributed by atoms with Gasteiger partial charge in [0.05, 0.1) is 6.26 Å². The Kier molecular flexibility index (Phi) is 3.10. The number of anilines is 2. The van der Waals surface area contributed by atoms with Crippen LogP contribution in [0.15, 0.2) is 24.3 Å². The molecule has 7 nitrogen and oxygen atoms in total. The molecule has 0 unspecified atom stereocenters. The van der Waals surface area contributed by atoms with E-state index in [4.69, 9.17) is 0 Å². The first-order valence-electron chi connectivity index (χ1n) is 3.86. The maximum Gasteiger partial charge on any atom is 0.229 e. The Morgan fingerprint density at radius 3 is 2.07 bits per heavy atom. The van der Waals surface area contributed by atoms with Gasteiger partial charge in [-0.1, -0.05) is 0 Å². The molecule has 0 aliphatic carbocycles. The Hall–Kier alpha value is -1.83. The number of hydrogen-bond donors (Lipinski definition) is 2. The van der Waals surface area contributed by atoms with Crippen LogP contribution in [-0.4, -0.2) is 19.7 Å². The standard InChI is InChI=1S/C7H9N3O4S/c1-15(13,14)9-7-4-2-6(3-5-7)8-10(11)12/h2-5,8-9H,1H3. The van der Waals surface area contributed by atoms with E-state index >= 15 is 0 Å². The lowest BCUT2D eigenvalue weighted by Crippen LogP contribution is -2.10. The van der Waals surface area contributed by atoms with Crippen LogP contribution in [0.25, 0.3) is 0 Å². The highest BCUT2D eigenvalue weighted by Crippen LogP contribution is 2.13. The summed E-state index contributed by atoms with van der Waals surface area (Å²) < 4.78 is 23.9. The van der Waals surface area contributed by atoms with E-state index < -0.39 is 15.1 Å². The first-order chi connectivity index (χ1) is 6.87. The molecule has 0 saturated carbocycles. The summed E-state index contributed by atoms with van der Waals surface area (Å²) in [5.74, 6) is 0. The van der Waals surface area contributed by atoms with Crippen LogP contribution in [-0.2, 0) is 10.0 Å². The van der Waals surface area contributed by atoms with E-state index in [-0.39, 0.29) is 5.69 Å². The average molecular weight is 231 g/mol. The quantitative estimate of drug-likeness (QED) is 0.585. The second kappa shape index (κ2) is 4.13. The number of rotatable bonds is 4. The zero-order valence-electron chi connectivity index (χ0n) is 7.80. The van der Waals surface area contributed by atoms with Gasteiger partial charge in [0.2, 0.25) is 10.0 Å². The zero-order chi connectivity index (χ0) is 11.5. The number of benzene rings is 1. The molecule has 2 N–H and O–H groups in total. The molecule has 0 aliphatic rings. The van der Waals surface area contributed by atoms with Gasteiger partial charge in [-0.2, -0.15) is 0 Å². The van der Waals surface area contributed by atoms with Gasteiger partial charge in [-0.05, 0) is 24.3 Å². The summed E-state index contributed by atoms with van der Waals surface area (Å²) in [6.07, 6.45) is 1.02. The van der Waals surface area contributed by atoms with E-state index in [1.165, 1.54) is 24.3 Å². The fourth-order valence-corrected chi connectivity index (χ4v) is 1.50. The third kappa shape index (κ3) is 4.27. The number of hydrogen-bond acceptors (Lipinski definition) is 4. The van der Waals surface area contributed by atoms with Crippen LogP contribution < -0.4 is 10.1 Å². The minimum absolute atomic E-state index is 0.277. The van der Waals surface area contributed by atoms with Crippen molar-refractivity contribution in [2.75, 3.05) is 16.4 Å². The van der Waals surface area contributed by atoms with Crippen molar-refractivity contribution in [3.05, 3.63) is 34.4 Å². The molecule has 0 radical (unpaired) electrons. The largest absolute Gasteiger partial charge is 0.284 e. The number of nitrogens with one attached hydrogen (secondary N) is 2. The van der Waals surface area contributed by atoms with Crippen LogP contribution in [0.1, 0.15) is 0 Å². The van der Waals surface area contributed by atoms with E-state index in [9.17, 15) is 18.5 Å². The molecular formula is C7H9N3O4S. The molecule has 0 heterocycles. The molecule has 0 spiro atoms. The van der Waals surface area contributed by atoms with Gasteiger partial charge in [0.25, 0.3) is 0 Å². The highest BCUT2D eigenvalue weighted by atomic mass is 32.2. The molecule has 82 valence electrons. The highest BCUT2D eigenvalue weighted by Gasteiger charge is 2.02. The van der Waals surface area contributed by atoms with Crippen LogP contribution >= 0.6 is 0 Å². The molecule has 0 aliphatic heterocycles. The van der Waals surface area contributed by atoms with Crippen molar-refractivity contribution >= 4 is 21.4 Å². The number of nitro groups is 1. The lowest BCUT2D eigenvalue weighted by molar-refractivity contribution is -0.445. The van der Waals surface area contributed by atoms with Gasteiger partial charge in [0, 0.05) is 5.69 Å². The monoisotopic (exact) mass is 231 g/mol. The van der Waals surface area contributed by atoms with Crippen molar-refractivity contribution in [1.82, 2.24) is 0 Å². The predicted molar refractivity (Wildman–Crippen MR) is 55.5 cm³/mol. The number of hydrazine groups is 1. The van der Waals surface area contributed by atoms with Gasteiger partial charge in [-0.3, -0.25) is 4.72 Å². The van der Waals surface area contributed by atoms with Crippen molar-refractivity contribution in [2.45, 2.75) is 0 Å². The van der Waals surface area contributed by atoms with Crippen molar-refractivity contribution in [2.24, 2.45) is 0 Å². The molecule has 1 aromatic carbocycles. The molecule has 0 saturated heterocycles. The minimum atomic E-state index is -3.32. The lowest BCUT2D eigenvalue weighted by atomic mass is 10.3. The molecule has 8 heteroatoms. The smallest absolute Gasteiger partial charge is 0.229 e. The van der Waals surface area contributed by atoms with E-state index in [2.05, 4.69) is 4.72 Å². The Bertz CT molecular complexity index is 454. The van der Waals surface area contributed by atoms with E-state index in [1.54, 1.807) is 0 Å². The molecule has 1 rings (SSSR count). The van der Waals surface area contributed by atoms with Gasteiger partial charge < -0.3 is 0 Å². The normalized spacial score (nSPS) is 10.7. The first kappa shape index (κ1) is 11.2. The first-order valence-corrected chi connectivity index (χ1v) is 5.75. The summed E-state index contributed by atoms with van der Waals surface area (Å²) in [6, 6.07) is 5.65. The Balaban J connectivity index is 2.77. The van der Waals surface area contributed by atoms with Gasteiger partial charge >= 0.3 is 0 Å². The average Bonchev–Trinajstić information content (AvgIpc) is 2.05. The van der Waals surface area contributed by atoms with E-state index in [1.807, 2.05) is 5.43 Å². The van der Waals surface area contributed by atoms with Gasteiger partial charge in [0.15, 0.2) is 5.03 Å². The number of sulfonamides is 1. The molecule has 0 bridgehead atoms. The summed E-state index contributed by atoms with van der Waals surface area (Å²) >= 11 is 0. The Morgan fingerprint density at radius 1 is 1.20 bits per heavy atom. The minimum Gasteiger partial charge on any atom is -0.284 e. The van der Waals surface area contributed by atoms with Crippen molar-refractivity contribution in [1.29, 1.82) is 0 Å². The zero-order valence-corrected chi connectivity index (χ0v) is 8.61. The third-order valence-electron chi connectivity index (χ3n) is 1.41. The Labute approximate surface area is 86.3 Å². The lowest BCUT2D eigenvalue weighted by Gasteiger charge is -2.03. The van der Waals surface area contributed by atoms with Crippen LogP contribution in [0.2, 0.25) is 0 Å². The summed E-state index contributed by atoms with van der Waals surface area (Å²) in [4.78, 5) is 10.1. The van der Waals surface area contributed by atoms with E-state index in [0.29, 0.717) is 5.69 Å². The topological polar surface area (TPSA) is 101 Å². The van der Waals surface area contributed by atoms with Crippen molar-refractivity contribution < 1.29 is 13.5 Å². The Morgan fingerprint density at radius 2 is 1.67 bits per heavy atom. The highest BCUT2D eigenvalue weighted by molar-refractivity contribution is 7.92. The van der Waals surface area contributed by atoms with Crippen molar-refractivity contribution in [3.8, 4) is 0 Å². The van der Waals surface area contributed by atoms with Crippen molar-refractivity contribution in [3.63, 3.8) is 0 Å². The SMILES string of the molecule is CS(=O)(=O)Nc1ccc(N[N+](=O)[O-])cc1. The van der Waals surface area contributed by atoms with Gasteiger partial charge in [0.1, 0.15) is 5.69 Å². The maximum atomic E-state index is 10.8. The summed E-state index contributed by atoms with van der Waals surface area (Å²) in [5, 5.41) is 9.37. The fourth-order valence-electron chi connectivity index (χ4n) is 0.932. The molecule has 0 atom stereocenters. The number of nitrogens with zero attached hydrogens (tertiary/aromatic N) is 1. The molecule has 1 aromatic rings. The molecule has 0 aromatic heterocycles. The van der Waals surface area contributed by atoms with Crippen LogP contribution in [0.4, 0.5) is 11.4 Å². The van der Waals surface area contributed by atoms with Gasteiger partial charge in [-0.25, -0.2) is 18.5 Å². The third-order valence-corrected chi connectivity index (χ3v) is 2.02. The van der Waals surface area contributed by atoms with Crippen LogP contribution in [0, 0.1) is 10.1 Å². The summed E-state index contributed by atoms with van der Waals surface area (Å²) in [7, 11) is -3.32. The second-order valence-electron chi connectivity index (χ2n) is 2.82. The van der Waals surface area contributed by atoms with Gasteiger partial charge in [-0.15, -0.1) is 5.43 Å². The fraction of sp³-hybridized carbons (Fsp3) is 0.143. The summed E-state index contributed by atoms with van der Waals surface area (Å²) in [6.45, 7) is 0. The van der Waals surface area contributed by atoms with Crippen LogP contribution in [0.3, 0.4) is 0 Å².